The Bertz CT molecular complexity index is 2290. The minimum Gasteiger partial charge on any atom is -0.383 e. The van der Waals surface area contributed by atoms with Crippen LogP contribution in [0.1, 0.15) is 45.6 Å². The average molecular weight is 835 g/mol. The van der Waals surface area contributed by atoms with Crippen LogP contribution in [0.2, 0.25) is 10.0 Å². The minimum absolute atomic E-state index is 0.183. The fraction of sp³-hybridized carbons (Fsp3) is 0.231. The van der Waals surface area contributed by atoms with Gasteiger partial charge in [0.15, 0.2) is 0 Å². The molecule has 2 aromatic heterocycles. The van der Waals surface area contributed by atoms with Gasteiger partial charge in [-0.1, -0.05) is 104 Å². The zero-order valence-corrected chi connectivity index (χ0v) is 31.9. The van der Waals surface area contributed by atoms with Crippen molar-refractivity contribution in [2.24, 2.45) is 0 Å². The lowest BCUT2D eigenvalue weighted by molar-refractivity contribution is 0.0675. The summed E-state index contributed by atoms with van der Waals surface area (Å²) in [7, 11) is 4.03. The molecule has 0 spiro atoms. The molecule has 0 saturated carbocycles. The molecule has 11 heteroatoms. The topological polar surface area (TPSA) is 74.2 Å². The summed E-state index contributed by atoms with van der Waals surface area (Å²) >= 11 is 20.7. The van der Waals surface area contributed by atoms with Crippen molar-refractivity contribution in [1.29, 1.82) is 0 Å². The first-order valence-corrected chi connectivity index (χ1v) is 18.6. The van der Waals surface area contributed by atoms with Crippen LogP contribution in [0.25, 0.3) is 21.8 Å². The molecule has 1 N–H and O–H groups in total. The lowest BCUT2D eigenvalue weighted by atomic mass is 9.97. The molecule has 0 bridgehead atoms. The van der Waals surface area contributed by atoms with Crippen molar-refractivity contribution < 1.29 is 14.6 Å². The molecule has 0 aliphatic carbocycles. The Morgan fingerprint density at radius 1 is 0.760 bits per heavy atom. The zero-order chi connectivity index (χ0) is 34.7. The molecule has 50 heavy (non-hydrogen) atoms. The molecule has 0 amide bonds. The van der Waals surface area contributed by atoms with Crippen LogP contribution in [0.5, 0.6) is 0 Å². The summed E-state index contributed by atoms with van der Waals surface area (Å²) in [5, 5.41) is 14.0. The van der Waals surface area contributed by atoms with Gasteiger partial charge in [0.1, 0.15) is 29.9 Å². The lowest BCUT2D eigenvalue weighted by Gasteiger charge is -2.23. The molecule has 1 fully saturated rings. The van der Waals surface area contributed by atoms with E-state index in [9.17, 15) is 5.11 Å². The van der Waals surface area contributed by atoms with Crippen LogP contribution in [0, 0.1) is 0 Å². The Labute approximate surface area is 317 Å². The van der Waals surface area contributed by atoms with Crippen LogP contribution in [-0.2, 0) is 22.6 Å². The number of aliphatic hydroxyl groups excluding tert-OH is 1. The number of halogens is 4. The van der Waals surface area contributed by atoms with Gasteiger partial charge in [0, 0.05) is 58.0 Å². The molecule has 9 rings (SSSR count). The minimum atomic E-state index is -0.783. The van der Waals surface area contributed by atoms with Crippen LogP contribution >= 0.6 is 55.1 Å². The van der Waals surface area contributed by atoms with E-state index in [1.807, 2.05) is 78.7 Å². The first kappa shape index (κ1) is 33.8. The summed E-state index contributed by atoms with van der Waals surface area (Å²) < 4.78 is 13.6. The number of aliphatic hydroxyl groups is 1. The van der Waals surface area contributed by atoms with Crippen molar-refractivity contribution in [2.45, 2.75) is 31.4 Å². The number of aromatic nitrogens is 2. The van der Waals surface area contributed by atoms with Gasteiger partial charge in [-0.3, -0.25) is 0 Å². The van der Waals surface area contributed by atoms with Gasteiger partial charge in [-0.15, -0.1) is 0 Å². The number of benzene rings is 4. The van der Waals surface area contributed by atoms with E-state index in [1.54, 1.807) is 0 Å². The van der Waals surface area contributed by atoms with E-state index in [0.717, 1.165) is 77.8 Å². The largest absolute Gasteiger partial charge is 0.383 e. The number of rotatable bonds is 3. The Morgan fingerprint density at radius 3 is 1.84 bits per heavy atom. The molecule has 1 saturated heterocycles. The predicted molar refractivity (Wildman–Crippen MR) is 208 cm³/mol. The number of ether oxygens (including phenoxy) is 2. The Hall–Kier alpha value is -3.28. The molecule has 254 valence electrons. The van der Waals surface area contributed by atoms with E-state index >= 15 is 0 Å². The second-order valence-corrected chi connectivity index (χ2v) is 15.4. The number of hydrogen-bond acceptors (Lipinski definition) is 7. The molecular formula is C39H32Br2Cl2N4O3. The fourth-order valence-electron chi connectivity index (χ4n) is 6.85. The van der Waals surface area contributed by atoms with E-state index < -0.39 is 6.10 Å². The standard InChI is InChI=1S/C21H18BrClN2O2.C18H14BrClN2O/c1-25-9-12-4-2-3-5-15(12)20(27-11-14-10-26-14)18-19(23)16-8-13(22)6-7-17(16)24-21(18)25;1-22-9-10-4-2-3-5-12(10)17(23)15-16(20)13-8-11(19)6-7-14(13)21-18(15)22/h2-8,14,20H,9-11H2,1H3;2-8,17,23H,9H2,1H3. The van der Waals surface area contributed by atoms with Crippen LogP contribution in [0.15, 0.2) is 93.9 Å². The molecule has 4 aromatic carbocycles. The van der Waals surface area contributed by atoms with Gasteiger partial charge in [0.2, 0.25) is 0 Å². The quantitative estimate of drug-likeness (QED) is 0.178. The zero-order valence-electron chi connectivity index (χ0n) is 27.2. The number of hydrogen-bond donors (Lipinski definition) is 1. The molecule has 6 aromatic rings. The smallest absolute Gasteiger partial charge is 0.137 e. The van der Waals surface area contributed by atoms with Crippen molar-refractivity contribution in [3.8, 4) is 0 Å². The van der Waals surface area contributed by atoms with Crippen molar-refractivity contribution in [3.63, 3.8) is 0 Å². The summed E-state index contributed by atoms with van der Waals surface area (Å²) in [6.45, 7) is 2.76. The summed E-state index contributed by atoms with van der Waals surface area (Å²) in [5.74, 6) is 1.60. The Kier molecular flexibility index (Phi) is 9.27. The first-order chi connectivity index (χ1) is 24.2. The van der Waals surface area contributed by atoms with E-state index in [-0.39, 0.29) is 12.2 Å². The van der Waals surface area contributed by atoms with Crippen molar-refractivity contribution >= 4 is 88.5 Å². The molecule has 0 radical (unpaired) electrons. The third-order valence-corrected chi connectivity index (χ3v) is 11.2. The normalized spacial score (nSPS) is 19.1. The molecule has 7 nitrogen and oxygen atoms in total. The maximum Gasteiger partial charge on any atom is 0.137 e. The molecular weight excluding hydrogens is 803 g/mol. The fourth-order valence-corrected chi connectivity index (χ4v) is 8.24. The second kappa shape index (κ2) is 13.7. The van der Waals surface area contributed by atoms with Crippen molar-refractivity contribution in [3.05, 3.63) is 137 Å². The van der Waals surface area contributed by atoms with Gasteiger partial charge in [-0.05, 0) is 58.7 Å². The Morgan fingerprint density at radius 2 is 1.26 bits per heavy atom. The molecule has 3 unspecified atom stereocenters. The molecule has 3 aliphatic rings. The summed E-state index contributed by atoms with van der Waals surface area (Å²) in [4.78, 5) is 13.9. The van der Waals surface area contributed by atoms with E-state index in [2.05, 4.69) is 62.0 Å². The molecule has 3 aliphatic heterocycles. The third kappa shape index (κ3) is 6.27. The highest BCUT2D eigenvalue weighted by molar-refractivity contribution is 9.10. The van der Waals surface area contributed by atoms with Crippen LogP contribution < -0.4 is 9.80 Å². The SMILES string of the molecule is CN1Cc2ccccc2C(O)c2c1nc1ccc(Br)cc1c2Cl.CN1Cc2ccccc2C(OCC2CO2)c2c1nc1ccc(Br)cc1c2Cl. The van der Waals surface area contributed by atoms with Gasteiger partial charge in [-0.2, -0.15) is 0 Å². The third-order valence-electron chi connectivity index (χ3n) is 9.41. The van der Waals surface area contributed by atoms with E-state index in [1.165, 1.54) is 5.56 Å². The van der Waals surface area contributed by atoms with Crippen molar-refractivity contribution in [2.75, 3.05) is 37.1 Å². The summed E-state index contributed by atoms with van der Waals surface area (Å²) in [6.07, 6.45) is -0.869. The summed E-state index contributed by atoms with van der Waals surface area (Å²) in [5.41, 5.74) is 7.63. The maximum absolute atomic E-state index is 11.0. The van der Waals surface area contributed by atoms with Crippen LogP contribution in [-0.4, -0.2) is 48.5 Å². The monoisotopic (exact) mass is 832 g/mol. The number of epoxide rings is 1. The van der Waals surface area contributed by atoms with Gasteiger partial charge in [0.25, 0.3) is 0 Å². The van der Waals surface area contributed by atoms with E-state index in [0.29, 0.717) is 28.8 Å². The number of fused-ring (bicyclic) bond motifs is 6. The molecule has 3 atom stereocenters. The highest BCUT2D eigenvalue weighted by Crippen LogP contribution is 2.46. The molecule has 5 heterocycles. The van der Waals surface area contributed by atoms with Crippen LogP contribution in [0.3, 0.4) is 0 Å². The predicted octanol–water partition coefficient (Wildman–Crippen LogP) is 9.79. The number of pyridine rings is 2. The highest BCUT2D eigenvalue weighted by atomic mass is 79.9. The van der Waals surface area contributed by atoms with Crippen molar-refractivity contribution in [1.82, 2.24) is 9.97 Å². The van der Waals surface area contributed by atoms with Crippen LogP contribution in [0.4, 0.5) is 11.6 Å². The highest BCUT2D eigenvalue weighted by Gasteiger charge is 2.34. The lowest BCUT2D eigenvalue weighted by Crippen LogP contribution is -2.18. The first-order valence-electron chi connectivity index (χ1n) is 16.2. The average Bonchev–Trinajstić information content (AvgIpc) is 3.96. The number of anilines is 2. The Balaban J connectivity index is 0.000000146. The van der Waals surface area contributed by atoms with Gasteiger partial charge >= 0.3 is 0 Å². The maximum atomic E-state index is 11.0. The second-order valence-electron chi connectivity index (χ2n) is 12.8. The van der Waals surface area contributed by atoms with Gasteiger partial charge in [0.05, 0.1) is 34.3 Å². The van der Waals surface area contributed by atoms with Gasteiger partial charge in [-0.25, -0.2) is 9.97 Å². The van der Waals surface area contributed by atoms with E-state index in [4.69, 9.17) is 42.6 Å². The summed E-state index contributed by atoms with van der Waals surface area (Å²) in [6, 6.07) is 28.1. The number of nitrogens with zero attached hydrogens (tertiary/aromatic N) is 4. The van der Waals surface area contributed by atoms with Gasteiger partial charge < -0.3 is 24.4 Å².